The van der Waals surface area contributed by atoms with Gasteiger partial charge >= 0.3 is 0 Å². The summed E-state index contributed by atoms with van der Waals surface area (Å²) in [6.07, 6.45) is 14.3. The molecule has 0 saturated heterocycles. The van der Waals surface area contributed by atoms with Gasteiger partial charge in [-0.2, -0.15) is 0 Å². The third kappa shape index (κ3) is 2.90. The molecule has 0 bridgehead atoms. The van der Waals surface area contributed by atoms with Crippen LogP contribution >= 0.6 is 0 Å². The Balaban J connectivity index is 1.71. The quantitative estimate of drug-likeness (QED) is 0.377. The number of rotatable bonds is 0. The number of allylic oxidation sites excluding steroid dienone is 2. The average molecular weight is 371 g/mol. The van der Waals surface area contributed by atoms with Crippen LogP contribution in [0.5, 0.6) is 0 Å². The molecule has 0 N–H and O–H groups in total. The predicted molar refractivity (Wildman–Crippen MR) is 118 cm³/mol. The van der Waals surface area contributed by atoms with E-state index in [1.165, 1.54) is 51.4 Å². The van der Waals surface area contributed by atoms with Crippen molar-refractivity contribution in [2.24, 2.45) is 58.2 Å². The Labute approximate surface area is 170 Å². The summed E-state index contributed by atoms with van der Waals surface area (Å²) in [5, 5.41) is 0. The highest BCUT2D eigenvalue weighted by Crippen LogP contribution is 2.68. The van der Waals surface area contributed by atoms with E-state index in [0.717, 1.165) is 47.3 Å². The molecule has 0 spiro atoms. The predicted octanol–water partition coefficient (Wildman–Crippen LogP) is 8.13. The second-order valence-corrected chi connectivity index (χ2v) is 12.2. The van der Waals surface area contributed by atoms with Crippen LogP contribution in [0.2, 0.25) is 0 Å². The average Bonchev–Trinajstić information content (AvgIpc) is 2.73. The number of hydrogen-bond donors (Lipinski definition) is 0. The van der Waals surface area contributed by atoms with E-state index >= 15 is 0 Å². The minimum absolute atomic E-state index is 0.495. The summed E-state index contributed by atoms with van der Waals surface area (Å²) in [4.78, 5) is 0. The summed E-state index contributed by atoms with van der Waals surface area (Å²) >= 11 is 0. The second kappa shape index (κ2) is 6.91. The Morgan fingerprint density at radius 2 is 1.59 bits per heavy atom. The zero-order valence-corrected chi connectivity index (χ0v) is 19.4. The van der Waals surface area contributed by atoms with E-state index in [4.69, 9.17) is 0 Å². The smallest absolute Gasteiger partial charge is 0.00827 e. The lowest BCUT2D eigenvalue weighted by Gasteiger charge is -2.64. The van der Waals surface area contributed by atoms with Crippen molar-refractivity contribution in [2.45, 2.75) is 99.8 Å². The van der Waals surface area contributed by atoms with E-state index in [1.807, 2.05) is 5.57 Å². The van der Waals surface area contributed by atoms with Crippen LogP contribution in [-0.4, -0.2) is 0 Å². The minimum Gasteiger partial charge on any atom is -0.0879 e. The molecule has 10 atom stereocenters. The molecule has 0 nitrogen and oxygen atoms in total. The molecular formula is C27H46. The fourth-order valence-electron chi connectivity index (χ4n) is 9.43. The number of hydrogen-bond acceptors (Lipinski definition) is 0. The van der Waals surface area contributed by atoms with Gasteiger partial charge in [0.15, 0.2) is 0 Å². The van der Waals surface area contributed by atoms with Crippen molar-refractivity contribution < 1.29 is 0 Å². The van der Waals surface area contributed by atoms with Crippen LogP contribution in [0.3, 0.4) is 0 Å². The normalized spacial score (nSPS) is 57.4. The van der Waals surface area contributed by atoms with Gasteiger partial charge in [-0.25, -0.2) is 0 Å². The summed E-state index contributed by atoms with van der Waals surface area (Å²) in [7, 11) is 0. The summed E-state index contributed by atoms with van der Waals surface area (Å²) in [5.74, 6) is 7.55. The van der Waals surface area contributed by atoms with Crippen LogP contribution in [-0.2, 0) is 0 Å². The minimum atomic E-state index is 0.495. The maximum absolute atomic E-state index is 2.75. The van der Waals surface area contributed by atoms with Crippen molar-refractivity contribution >= 4 is 0 Å². The fourth-order valence-corrected chi connectivity index (χ4v) is 9.43. The molecule has 4 rings (SSSR count). The van der Waals surface area contributed by atoms with Crippen LogP contribution in [0.1, 0.15) is 99.8 Å². The molecule has 0 heterocycles. The van der Waals surface area contributed by atoms with Gasteiger partial charge in [0.1, 0.15) is 0 Å². The summed E-state index contributed by atoms with van der Waals surface area (Å²) in [6, 6.07) is 0. The molecular weight excluding hydrogens is 324 g/mol. The summed E-state index contributed by atoms with van der Waals surface area (Å²) in [6.45, 7) is 18.0. The van der Waals surface area contributed by atoms with Crippen LogP contribution in [0.4, 0.5) is 0 Å². The van der Waals surface area contributed by atoms with Gasteiger partial charge in [-0.15, -0.1) is 0 Å². The van der Waals surface area contributed by atoms with Gasteiger partial charge in [0.25, 0.3) is 0 Å². The van der Waals surface area contributed by atoms with Crippen molar-refractivity contribution in [2.75, 3.05) is 0 Å². The van der Waals surface area contributed by atoms with Crippen LogP contribution in [0.25, 0.3) is 0 Å². The third-order valence-corrected chi connectivity index (χ3v) is 10.9. The molecule has 4 aliphatic rings. The molecule has 27 heavy (non-hydrogen) atoms. The zero-order valence-electron chi connectivity index (χ0n) is 19.4. The molecule has 0 aromatic rings. The molecule has 4 fully saturated rings. The SMILES string of the molecule is C/C=C1\C[C@H](C)C(C)C2C3CCC4C(C)C[C@@H](C)CCC4(C)C3CCC12C. The first-order valence-corrected chi connectivity index (χ1v) is 12.4. The van der Waals surface area contributed by atoms with Gasteiger partial charge in [0, 0.05) is 0 Å². The second-order valence-electron chi connectivity index (χ2n) is 12.2. The third-order valence-electron chi connectivity index (χ3n) is 10.9. The molecule has 0 aliphatic heterocycles. The standard InChI is InChI=1S/C27H46/c1-8-21-16-18(3)20(5)25-22-9-10-23-19(4)15-17(2)11-13-27(23,7)24(22)12-14-26(21,25)6/h8,17-20,22-25H,9-16H2,1-7H3/b21-8+/t17-,18-,19?,20?,22?,23?,24?,25?,26?,27?/m0/s1. The van der Waals surface area contributed by atoms with Gasteiger partial charge in [0.2, 0.25) is 0 Å². The van der Waals surface area contributed by atoms with Crippen molar-refractivity contribution in [1.82, 2.24) is 0 Å². The van der Waals surface area contributed by atoms with Crippen molar-refractivity contribution in [3.05, 3.63) is 11.6 Å². The Bertz CT molecular complexity index is 587. The molecule has 0 amide bonds. The van der Waals surface area contributed by atoms with E-state index in [1.54, 1.807) is 0 Å². The van der Waals surface area contributed by atoms with Crippen LogP contribution in [0, 0.1) is 58.2 Å². The molecule has 4 saturated carbocycles. The van der Waals surface area contributed by atoms with E-state index in [0.29, 0.717) is 10.8 Å². The molecule has 0 aromatic carbocycles. The maximum atomic E-state index is 2.75. The van der Waals surface area contributed by atoms with E-state index in [9.17, 15) is 0 Å². The Hall–Kier alpha value is -0.260. The Morgan fingerprint density at radius 1 is 0.852 bits per heavy atom. The molecule has 154 valence electrons. The highest BCUT2D eigenvalue weighted by Gasteiger charge is 2.60. The molecule has 0 aromatic heterocycles. The Kier molecular flexibility index (Phi) is 5.13. The van der Waals surface area contributed by atoms with Crippen LogP contribution < -0.4 is 0 Å². The topological polar surface area (TPSA) is 0 Å². The highest BCUT2D eigenvalue weighted by molar-refractivity contribution is 5.23. The molecule has 0 heteroatoms. The van der Waals surface area contributed by atoms with Gasteiger partial charge in [0.05, 0.1) is 0 Å². The summed E-state index contributed by atoms with van der Waals surface area (Å²) in [5.41, 5.74) is 2.92. The molecule has 0 radical (unpaired) electrons. The summed E-state index contributed by atoms with van der Waals surface area (Å²) < 4.78 is 0. The fraction of sp³-hybridized carbons (Fsp3) is 0.926. The van der Waals surface area contributed by atoms with Crippen molar-refractivity contribution in [3.63, 3.8) is 0 Å². The van der Waals surface area contributed by atoms with Crippen molar-refractivity contribution in [1.29, 1.82) is 0 Å². The monoisotopic (exact) mass is 370 g/mol. The number of fused-ring (bicyclic) bond motifs is 5. The molecule has 4 aliphatic carbocycles. The van der Waals surface area contributed by atoms with Crippen LogP contribution in [0.15, 0.2) is 11.6 Å². The highest BCUT2D eigenvalue weighted by atomic mass is 14.6. The first kappa shape index (κ1) is 20.0. The largest absolute Gasteiger partial charge is 0.0879 e. The van der Waals surface area contributed by atoms with E-state index in [-0.39, 0.29) is 0 Å². The van der Waals surface area contributed by atoms with Crippen molar-refractivity contribution in [3.8, 4) is 0 Å². The first-order chi connectivity index (χ1) is 12.7. The first-order valence-electron chi connectivity index (χ1n) is 12.4. The molecule has 8 unspecified atom stereocenters. The van der Waals surface area contributed by atoms with Gasteiger partial charge in [-0.1, -0.05) is 59.6 Å². The van der Waals surface area contributed by atoms with Gasteiger partial charge in [-0.05, 0) is 110 Å². The van der Waals surface area contributed by atoms with E-state index < -0.39 is 0 Å². The lowest BCUT2D eigenvalue weighted by molar-refractivity contribution is -0.128. The maximum Gasteiger partial charge on any atom is -0.00827 e. The Morgan fingerprint density at radius 3 is 2.30 bits per heavy atom. The zero-order chi connectivity index (χ0) is 19.6. The lowest BCUT2D eigenvalue weighted by atomic mass is 9.41. The van der Waals surface area contributed by atoms with Gasteiger partial charge in [-0.3, -0.25) is 0 Å². The van der Waals surface area contributed by atoms with Gasteiger partial charge < -0.3 is 0 Å². The van der Waals surface area contributed by atoms with E-state index in [2.05, 4.69) is 54.5 Å². The lowest BCUT2D eigenvalue weighted by Crippen LogP contribution is -2.56.